The molecular formula is C21H16N4O3S3. The van der Waals surface area contributed by atoms with Crippen LogP contribution in [-0.4, -0.2) is 32.2 Å². The molecule has 1 aliphatic rings. The van der Waals surface area contributed by atoms with Gasteiger partial charge in [-0.05, 0) is 48.6 Å². The number of hydrogen-bond donors (Lipinski definition) is 0. The van der Waals surface area contributed by atoms with E-state index < -0.39 is 0 Å². The van der Waals surface area contributed by atoms with E-state index in [9.17, 15) is 4.79 Å². The molecule has 5 rings (SSSR count). The van der Waals surface area contributed by atoms with Gasteiger partial charge in [-0.2, -0.15) is 5.10 Å². The first-order valence-electron chi connectivity index (χ1n) is 9.44. The normalized spacial score (nSPS) is 15.9. The standard InChI is InChI=1S/C21H16N4O3S3/c26-19(13-30-20-23-24(21(29)31-20)14-6-2-1-3-7-14)25-16(18-9-5-11-28-18)12-15(22-25)17-8-4-10-27-17/h1-11,16H,12-13H2. The molecule has 4 heterocycles. The molecule has 1 aromatic carbocycles. The Morgan fingerprint density at radius 2 is 1.94 bits per heavy atom. The Morgan fingerprint density at radius 3 is 2.68 bits per heavy atom. The number of carbonyl (C=O) groups excluding carboxylic acids is 1. The quantitative estimate of drug-likeness (QED) is 0.282. The van der Waals surface area contributed by atoms with Crippen LogP contribution >= 0.6 is 35.3 Å². The summed E-state index contributed by atoms with van der Waals surface area (Å²) in [7, 11) is 0. The first-order valence-corrected chi connectivity index (χ1v) is 11.7. The summed E-state index contributed by atoms with van der Waals surface area (Å²) in [5, 5.41) is 10.6. The number of para-hydroxylation sites is 1. The van der Waals surface area contributed by atoms with Gasteiger partial charge in [0.15, 0.2) is 8.29 Å². The molecule has 10 heteroatoms. The van der Waals surface area contributed by atoms with Crippen LogP contribution in [0.1, 0.15) is 24.0 Å². The zero-order valence-corrected chi connectivity index (χ0v) is 18.5. The molecule has 0 radical (unpaired) electrons. The summed E-state index contributed by atoms with van der Waals surface area (Å²) >= 11 is 8.17. The highest BCUT2D eigenvalue weighted by Crippen LogP contribution is 2.34. The van der Waals surface area contributed by atoms with E-state index in [-0.39, 0.29) is 17.7 Å². The fourth-order valence-corrected chi connectivity index (χ4v) is 5.49. The number of rotatable bonds is 6. The third-order valence-electron chi connectivity index (χ3n) is 4.69. The predicted octanol–water partition coefficient (Wildman–Crippen LogP) is 5.32. The van der Waals surface area contributed by atoms with Gasteiger partial charge in [0.1, 0.15) is 23.3 Å². The van der Waals surface area contributed by atoms with E-state index in [0.717, 1.165) is 10.0 Å². The summed E-state index contributed by atoms with van der Waals surface area (Å²) in [6, 6.07) is 16.7. The second kappa shape index (κ2) is 8.66. The van der Waals surface area contributed by atoms with Crippen molar-refractivity contribution < 1.29 is 13.6 Å². The Labute approximate surface area is 191 Å². The second-order valence-electron chi connectivity index (χ2n) is 6.67. The van der Waals surface area contributed by atoms with Crippen molar-refractivity contribution >= 4 is 46.9 Å². The molecule has 0 spiro atoms. The number of aromatic nitrogens is 2. The van der Waals surface area contributed by atoms with Crippen LogP contribution in [0.2, 0.25) is 0 Å². The molecule has 1 aliphatic heterocycles. The maximum Gasteiger partial charge on any atom is 0.253 e. The largest absolute Gasteiger partial charge is 0.467 e. The first-order chi connectivity index (χ1) is 15.2. The summed E-state index contributed by atoms with van der Waals surface area (Å²) in [6.45, 7) is 0. The van der Waals surface area contributed by atoms with Crippen molar-refractivity contribution in [1.82, 2.24) is 14.8 Å². The zero-order chi connectivity index (χ0) is 21.2. The van der Waals surface area contributed by atoms with Crippen LogP contribution in [0.15, 0.2) is 85.4 Å². The van der Waals surface area contributed by atoms with Crippen molar-refractivity contribution in [3.05, 3.63) is 82.6 Å². The number of furan rings is 2. The predicted molar refractivity (Wildman–Crippen MR) is 121 cm³/mol. The second-order valence-corrected chi connectivity index (χ2v) is 9.51. The van der Waals surface area contributed by atoms with Crippen LogP contribution in [0, 0.1) is 3.95 Å². The summed E-state index contributed by atoms with van der Waals surface area (Å²) < 4.78 is 14.1. The Kier molecular flexibility index (Phi) is 5.58. The van der Waals surface area contributed by atoms with E-state index in [1.807, 2.05) is 42.5 Å². The molecule has 0 bridgehead atoms. The Balaban J connectivity index is 1.33. The number of hydrazone groups is 1. The van der Waals surface area contributed by atoms with Gasteiger partial charge in [0.05, 0.1) is 24.0 Å². The minimum absolute atomic E-state index is 0.139. The van der Waals surface area contributed by atoms with E-state index in [4.69, 9.17) is 21.1 Å². The number of benzene rings is 1. The Hall–Kier alpha value is -2.95. The number of nitrogens with zero attached hydrogens (tertiary/aromatic N) is 4. The summed E-state index contributed by atoms with van der Waals surface area (Å²) in [6.07, 6.45) is 3.72. The molecule has 0 aliphatic carbocycles. The maximum absolute atomic E-state index is 13.1. The highest BCUT2D eigenvalue weighted by atomic mass is 32.2. The molecule has 31 heavy (non-hydrogen) atoms. The van der Waals surface area contributed by atoms with Crippen molar-refractivity contribution in [2.24, 2.45) is 5.10 Å². The maximum atomic E-state index is 13.1. The molecule has 3 aromatic heterocycles. The number of thioether (sulfide) groups is 1. The highest BCUT2D eigenvalue weighted by Gasteiger charge is 2.35. The van der Waals surface area contributed by atoms with Crippen molar-refractivity contribution in [1.29, 1.82) is 0 Å². The molecule has 0 saturated carbocycles. The van der Waals surface area contributed by atoms with Gasteiger partial charge in [-0.25, -0.2) is 9.69 Å². The molecule has 0 saturated heterocycles. The van der Waals surface area contributed by atoms with Gasteiger partial charge < -0.3 is 8.83 Å². The van der Waals surface area contributed by atoms with Gasteiger partial charge in [0, 0.05) is 6.42 Å². The lowest BCUT2D eigenvalue weighted by Crippen LogP contribution is -2.28. The fraction of sp³-hybridized carbons (Fsp3) is 0.143. The first kappa shape index (κ1) is 20.0. The fourth-order valence-electron chi connectivity index (χ4n) is 3.28. The van der Waals surface area contributed by atoms with Crippen LogP contribution < -0.4 is 0 Å². The van der Waals surface area contributed by atoms with E-state index in [1.165, 1.54) is 28.1 Å². The van der Waals surface area contributed by atoms with Crippen molar-refractivity contribution in [3.63, 3.8) is 0 Å². The third kappa shape index (κ3) is 4.14. The van der Waals surface area contributed by atoms with E-state index in [2.05, 4.69) is 10.2 Å². The molecule has 156 valence electrons. The number of amides is 1. The lowest BCUT2D eigenvalue weighted by Gasteiger charge is -2.19. The molecule has 1 atom stereocenters. The minimum atomic E-state index is -0.303. The van der Waals surface area contributed by atoms with Gasteiger partial charge in [0.25, 0.3) is 5.91 Å². The molecular weight excluding hydrogens is 452 g/mol. The van der Waals surface area contributed by atoms with E-state index in [0.29, 0.717) is 27.6 Å². The lowest BCUT2D eigenvalue weighted by atomic mass is 10.1. The number of hydrogen-bond acceptors (Lipinski definition) is 8. The van der Waals surface area contributed by atoms with Crippen LogP contribution in [0.4, 0.5) is 0 Å². The molecule has 1 unspecified atom stereocenters. The van der Waals surface area contributed by atoms with Crippen LogP contribution in [0.5, 0.6) is 0 Å². The zero-order valence-electron chi connectivity index (χ0n) is 16.1. The Morgan fingerprint density at radius 1 is 1.13 bits per heavy atom. The summed E-state index contributed by atoms with van der Waals surface area (Å²) in [5.41, 5.74) is 1.61. The van der Waals surface area contributed by atoms with Crippen molar-refractivity contribution in [3.8, 4) is 5.69 Å². The summed E-state index contributed by atoms with van der Waals surface area (Å²) in [5.74, 6) is 1.38. The van der Waals surface area contributed by atoms with E-state index in [1.54, 1.807) is 29.3 Å². The monoisotopic (exact) mass is 468 g/mol. The molecule has 0 N–H and O–H groups in total. The average molecular weight is 469 g/mol. The Bertz CT molecular complexity index is 1260. The number of carbonyl (C=O) groups is 1. The average Bonchev–Trinajstić information content (AvgIpc) is 3.59. The van der Waals surface area contributed by atoms with Gasteiger partial charge in [0.2, 0.25) is 0 Å². The topological polar surface area (TPSA) is 76.8 Å². The SMILES string of the molecule is O=C(CSc1nn(-c2ccccc2)c(=S)s1)N1N=C(c2ccco2)CC1c1ccco1. The molecule has 4 aromatic rings. The smallest absolute Gasteiger partial charge is 0.253 e. The van der Waals surface area contributed by atoms with Crippen molar-refractivity contribution in [2.45, 2.75) is 16.8 Å². The third-order valence-corrected chi connectivity index (χ3v) is 7.04. The van der Waals surface area contributed by atoms with Crippen LogP contribution in [-0.2, 0) is 4.79 Å². The molecule has 1 amide bonds. The summed E-state index contributed by atoms with van der Waals surface area (Å²) in [4.78, 5) is 13.1. The lowest BCUT2D eigenvalue weighted by molar-refractivity contribution is -0.130. The van der Waals surface area contributed by atoms with E-state index >= 15 is 0 Å². The van der Waals surface area contributed by atoms with Crippen LogP contribution in [0.25, 0.3) is 5.69 Å². The van der Waals surface area contributed by atoms with Gasteiger partial charge in [-0.1, -0.05) is 41.3 Å². The van der Waals surface area contributed by atoms with Crippen LogP contribution in [0.3, 0.4) is 0 Å². The minimum Gasteiger partial charge on any atom is -0.467 e. The molecule has 0 fully saturated rings. The van der Waals surface area contributed by atoms with Gasteiger partial charge in [-0.15, -0.1) is 5.10 Å². The highest BCUT2D eigenvalue weighted by molar-refractivity contribution is 8.01. The van der Waals surface area contributed by atoms with Gasteiger partial charge in [-0.3, -0.25) is 4.79 Å². The van der Waals surface area contributed by atoms with Crippen molar-refractivity contribution in [2.75, 3.05) is 5.75 Å². The molecule has 7 nitrogen and oxygen atoms in total. The van der Waals surface area contributed by atoms with Gasteiger partial charge >= 0.3 is 0 Å².